The Bertz CT molecular complexity index is 1040. The van der Waals surface area contributed by atoms with E-state index in [9.17, 15) is 5.11 Å². The first-order chi connectivity index (χ1) is 11.7. The van der Waals surface area contributed by atoms with Gasteiger partial charge in [0.1, 0.15) is 5.65 Å². The first-order valence-electron chi connectivity index (χ1n) is 7.58. The van der Waals surface area contributed by atoms with Crippen LogP contribution >= 0.6 is 23.2 Å². The predicted molar refractivity (Wildman–Crippen MR) is 98.7 cm³/mol. The van der Waals surface area contributed by atoms with Gasteiger partial charge in [0, 0.05) is 32.6 Å². The van der Waals surface area contributed by atoms with E-state index in [1.807, 2.05) is 36.4 Å². The van der Waals surface area contributed by atoms with Crippen LogP contribution in [0.2, 0.25) is 10.0 Å². The summed E-state index contributed by atoms with van der Waals surface area (Å²) in [6.07, 6.45) is 1.70. The van der Waals surface area contributed by atoms with E-state index in [0.717, 1.165) is 33.1 Å². The Balaban J connectivity index is 2.00. The van der Waals surface area contributed by atoms with Crippen LogP contribution in [0.5, 0.6) is 0 Å². The number of para-hydroxylation sites is 1. The first-order valence-corrected chi connectivity index (χ1v) is 8.34. The molecule has 2 aromatic carbocycles. The molecule has 0 radical (unpaired) electrons. The highest BCUT2D eigenvalue weighted by atomic mass is 35.5. The lowest BCUT2D eigenvalue weighted by atomic mass is 10.1. The zero-order valence-corrected chi connectivity index (χ0v) is 14.2. The topological polar surface area (TPSA) is 38.1 Å². The molecule has 1 N–H and O–H groups in total. The molecule has 0 atom stereocenters. The third-order valence-corrected chi connectivity index (χ3v) is 4.93. The van der Waals surface area contributed by atoms with E-state index >= 15 is 0 Å². The van der Waals surface area contributed by atoms with Crippen LogP contribution in [-0.2, 0) is 13.2 Å². The summed E-state index contributed by atoms with van der Waals surface area (Å²) in [6, 6.07) is 15.6. The van der Waals surface area contributed by atoms with Crippen LogP contribution in [0.4, 0.5) is 0 Å². The summed E-state index contributed by atoms with van der Waals surface area (Å²) >= 11 is 12.7. The number of pyridine rings is 1. The molecule has 4 rings (SSSR count). The largest absolute Gasteiger partial charge is 0.392 e. The van der Waals surface area contributed by atoms with Crippen LogP contribution in [0.25, 0.3) is 21.9 Å². The monoisotopic (exact) mass is 356 g/mol. The third kappa shape index (κ3) is 2.46. The van der Waals surface area contributed by atoms with Crippen molar-refractivity contribution in [3.8, 4) is 0 Å². The van der Waals surface area contributed by atoms with Crippen molar-refractivity contribution >= 4 is 45.1 Å². The number of halogens is 2. The molecule has 4 aromatic rings. The van der Waals surface area contributed by atoms with Crippen molar-refractivity contribution < 1.29 is 5.11 Å². The third-order valence-electron chi connectivity index (χ3n) is 4.22. The maximum Gasteiger partial charge on any atom is 0.141 e. The molecule has 0 unspecified atom stereocenters. The van der Waals surface area contributed by atoms with E-state index in [0.29, 0.717) is 16.6 Å². The zero-order valence-electron chi connectivity index (χ0n) is 12.7. The first kappa shape index (κ1) is 15.5. The summed E-state index contributed by atoms with van der Waals surface area (Å²) in [5, 5.41) is 12.8. The van der Waals surface area contributed by atoms with Gasteiger partial charge in [0.05, 0.1) is 18.7 Å². The summed E-state index contributed by atoms with van der Waals surface area (Å²) in [5.41, 5.74) is 3.58. The molecule has 0 aliphatic rings. The van der Waals surface area contributed by atoms with Gasteiger partial charge < -0.3 is 9.67 Å². The fourth-order valence-corrected chi connectivity index (χ4v) is 3.57. The number of aromatic nitrogens is 2. The summed E-state index contributed by atoms with van der Waals surface area (Å²) in [7, 11) is 0. The fraction of sp³-hybridized carbons (Fsp3) is 0.105. The fourth-order valence-electron chi connectivity index (χ4n) is 3.05. The van der Waals surface area contributed by atoms with E-state index in [1.165, 1.54) is 0 Å². The van der Waals surface area contributed by atoms with Gasteiger partial charge in [-0.25, -0.2) is 4.98 Å². The van der Waals surface area contributed by atoms with Crippen molar-refractivity contribution in [3.05, 3.63) is 75.9 Å². The lowest BCUT2D eigenvalue weighted by Crippen LogP contribution is -2.02. The molecule has 0 aliphatic heterocycles. The molecule has 3 nitrogen and oxygen atoms in total. The summed E-state index contributed by atoms with van der Waals surface area (Å²) in [4.78, 5) is 4.56. The molecular formula is C19H14Cl2N2O. The Hall–Kier alpha value is -2.07. The number of aliphatic hydroxyl groups is 1. The second-order valence-corrected chi connectivity index (χ2v) is 6.49. The Morgan fingerprint density at radius 3 is 2.46 bits per heavy atom. The van der Waals surface area contributed by atoms with Crippen molar-refractivity contribution in [2.75, 3.05) is 0 Å². The molecule has 2 heterocycles. The molecular weight excluding hydrogens is 343 g/mol. The van der Waals surface area contributed by atoms with Crippen molar-refractivity contribution in [2.24, 2.45) is 0 Å². The van der Waals surface area contributed by atoms with Crippen molar-refractivity contribution in [1.82, 2.24) is 9.55 Å². The normalized spacial score (nSPS) is 11.5. The van der Waals surface area contributed by atoms with Gasteiger partial charge in [-0.1, -0.05) is 47.5 Å². The molecule has 0 aliphatic carbocycles. The lowest BCUT2D eigenvalue weighted by Gasteiger charge is -2.10. The standard InChI is InChI=1S/C19H14Cl2N2O/c20-16-5-3-6-17(21)15(16)10-23-18-7-2-1-4-13(18)14-8-12(11-24)9-22-19(14)23/h1-9,24H,10-11H2. The van der Waals surface area contributed by atoms with Crippen LogP contribution in [-0.4, -0.2) is 14.7 Å². The van der Waals surface area contributed by atoms with Gasteiger partial charge in [0.2, 0.25) is 0 Å². The number of hydrogen-bond donors (Lipinski definition) is 1. The van der Waals surface area contributed by atoms with Gasteiger partial charge in [-0.05, 0) is 29.8 Å². The predicted octanol–water partition coefficient (Wildman–Crippen LogP) is 5.04. The average Bonchev–Trinajstić information content (AvgIpc) is 2.91. The molecule has 0 spiro atoms. The molecule has 120 valence electrons. The average molecular weight is 357 g/mol. The molecule has 0 saturated carbocycles. The van der Waals surface area contributed by atoms with Crippen LogP contribution in [0.3, 0.4) is 0 Å². The Kier molecular flexibility index (Phi) is 3.93. The van der Waals surface area contributed by atoms with E-state index in [4.69, 9.17) is 23.2 Å². The highest BCUT2D eigenvalue weighted by Crippen LogP contribution is 2.32. The minimum atomic E-state index is -0.0290. The van der Waals surface area contributed by atoms with Crippen LogP contribution in [0.1, 0.15) is 11.1 Å². The van der Waals surface area contributed by atoms with E-state index in [2.05, 4.69) is 21.7 Å². The summed E-state index contributed by atoms with van der Waals surface area (Å²) in [5.74, 6) is 0. The minimum Gasteiger partial charge on any atom is -0.392 e. The maximum atomic E-state index is 9.40. The Morgan fingerprint density at radius 2 is 1.71 bits per heavy atom. The van der Waals surface area contributed by atoms with Gasteiger partial charge in [0.15, 0.2) is 0 Å². The van der Waals surface area contributed by atoms with Gasteiger partial charge in [-0.2, -0.15) is 0 Å². The van der Waals surface area contributed by atoms with E-state index in [-0.39, 0.29) is 6.61 Å². The second-order valence-electron chi connectivity index (χ2n) is 5.68. The van der Waals surface area contributed by atoms with Crippen LogP contribution in [0, 0.1) is 0 Å². The molecule has 24 heavy (non-hydrogen) atoms. The molecule has 2 aromatic heterocycles. The maximum absolute atomic E-state index is 9.40. The number of aliphatic hydroxyl groups excluding tert-OH is 1. The van der Waals surface area contributed by atoms with Gasteiger partial charge in [-0.15, -0.1) is 0 Å². The number of benzene rings is 2. The smallest absolute Gasteiger partial charge is 0.141 e. The molecule has 0 saturated heterocycles. The van der Waals surface area contributed by atoms with Crippen molar-refractivity contribution in [1.29, 1.82) is 0 Å². The van der Waals surface area contributed by atoms with Crippen molar-refractivity contribution in [2.45, 2.75) is 13.2 Å². The molecule has 0 amide bonds. The second kappa shape index (κ2) is 6.10. The van der Waals surface area contributed by atoms with Gasteiger partial charge >= 0.3 is 0 Å². The lowest BCUT2D eigenvalue weighted by molar-refractivity contribution is 0.281. The summed E-state index contributed by atoms with van der Waals surface area (Å²) < 4.78 is 2.11. The highest BCUT2D eigenvalue weighted by molar-refractivity contribution is 6.36. The van der Waals surface area contributed by atoms with Gasteiger partial charge in [0.25, 0.3) is 0 Å². The Labute approximate surface area is 149 Å². The molecule has 0 bridgehead atoms. The summed E-state index contributed by atoms with van der Waals surface area (Å²) in [6.45, 7) is 0.507. The minimum absolute atomic E-state index is 0.0290. The number of fused-ring (bicyclic) bond motifs is 3. The van der Waals surface area contributed by atoms with Crippen LogP contribution < -0.4 is 0 Å². The number of rotatable bonds is 3. The zero-order chi connectivity index (χ0) is 16.7. The van der Waals surface area contributed by atoms with Gasteiger partial charge in [-0.3, -0.25) is 0 Å². The van der Waals surface area contributed by atoms with Crippen LogP contribution in [0.15, 0.2) is 54.7 Å². The number of nitrogens with zero attached hydrogens (tertiary/aromatic N) is 2. The number of hydrogen-bond acceptors (Lipinski definition) is 2. The molecule has 5 heteroatoms. The molecule has 0 fully saturated rings. The quantitative estimate of drug-likeness (QED) is 0.558. The van der Waals surface area contributed by atoms with E-state index in [1.54, 1.807) is 6.20 Å². The Morgan fingerprint density at radius 1 is 0.958 bits per heavy atom. The highest BCUT2D eigenvalue weighted by Gasteiger charge is 2.14. The van der Waals surface area contributed by atoms with E-state index < -0.39 is 0 Å². The van der Waals surface area contributed by atoms with Crippen molar-refractivity contribution in [3.63, 3.8) is 0 Å². The SMILES string of the molecule is OCc1cnc2c(c1)c1ccccc1n2Cc1c(Cl)cccc1Cl.